The van der Waals surface area contributed by atoms with Crippen LogP contribution >= 0.6 is 11.8 Å². The molecule has 2 aromatic rings. The normalized spacial score (nSPS) is 11.1. The zero-order valence-electron chi connectivity index (χ0n) is 13.3. The number of carbonyl (C=O) groups excluding carboxylic acids is 1. The van der Waals surface area contributed by atoms with Gasteiger partial charge in [-0.1, -0.05) is 17.8 Å². The molecule has 7 nitrogen and oxygen atoms in total. The lowest BCUT2D eigenvalue weighted by atomic mass is 10.2. The fraction of sp³-hybridized carbons (Fsp3) is 0.286. The van der Waals surface area contributed by atoms with Crippen LogP contribution in [0.25, 0.3) is 0 Å². The second kappa shape index (κ2) is 8.01. The lowest BCUT2D eigenvalue weighted by molar-refractivity contribution is -0.137. The number of nitrogens with one attached hydrogen (secondary N) is 3. The van der Waals surface area contributed by atoms with Gasteiger partial charge < -0.3 is 16.0 Å². The Bertz CT molecular complexity index is 733. The van der Waals surface area contributed by atoms with Crippen LogP contribution in [-0.4, -0.2) is 40.7 Å². The van der Waals surface area contributed by atoms with Crippen LogP contribution in [0.4, 0.5) is 30.8 Å². The fourth-order valence-electron chi connectivity index (χ4n) is 1.78. The highest BCUT2D eigenvalue weighted by atomic mass is 32.2. The number of alkyl halides is 3. The highest BCUT2D eigenvalue weighted by molar-refractivity contribution is 7.98. The molecule has 0 bridgehead atoms. The highest BCUT2D eigenvalue weighted by Crippen LogP contribution is 2.30. The number of benzene rings is 1. The molecule has 1 aromatic carbocycles. The van der Waals surface area contributed by atoms with E-state index in [1.54, 1.807) is 13.3 Å². The second-order valence-corrected chi connectivity index (χ2v) is 5.47. The topological polar surface area (TPSA) is 91.8 Å². The van der Waals surface area contributed by atoms with Crippen molar-refractivity contribution in [3.8, 4) is 0 Å². The van der Waals surface area contributed by atoms with E-state index in [4.69, 9.17) is 0 Å². The van der Waals surface area contributed by atoms with Crippen LogP contribution in [0.5, 0.6) is 0 Å². The van der Waals surface area contributed by atoms with Gasteiger partial charge in [0.2, 0.25) is 17.8 Å². The van der Waals surface area contributed by atoms with Crippen molar-refractivity contribution in [3.63, 3.8) is 0 Å². The number of carbonyl (C=O) groups is 1. The minimum Gasteiger partial charge on any atom is -0.357 e. The molecular weight excluding hydrogens is 357 g/mol. The summed E-state index contributed by atoms with van der Waals surface area (Å²) in [4.78, 5) is 24.1. The van der Waals surface area contributed by atoms with E-state index in [0.29, 0.717) is 11.1 Å². The fourth-order valence-corrected chi connectivity index (χ4v) is 2.13. The number of anilines is 3. The molecule has 11 heteroatoms. The van der Waals surface area contributed by atoms with Gasteiger partial charge in [-0.15, -0.1) is 0 Å². The van der Waals surface area contributed by atoms with E-state index in [1.165, 1.54) is 23.9 Å². The van der Waals surface area contributed by atoms with Gasteiger partial charge in [0.05, 0.1) is 12.1 Å². The molecule has 3 N–H and O–H groups in total. The van der Waals surface area contributed by atoms with Crippen molar-refractivity contribution >= 4 is 35.3 Å². The first-order valence-electron chi connectivity index (χ1n) is 7.00. The lowest BCUT2D eigenvalue weighted by Gasteiger charge is -2.10. The van der Waals surface area contributed by atoms with Crippen LogP contribution in [0.3, 0.4) is 0 Å². The van der Waals surface area contributed by atoms with E-state index >= 15 is 0 Å². The molecule has 0 fully saturated rings. The summed E-state index contributed by atoms with van der Waals surface area (Å²) in [5.74, 6) is -0.0144. The van der Waals surface area contributed by atoms with Crippen LogP contribution in [0.2, 0.25) is 0 Å². The van der Waals surface area contributed by atoms with Gasteiger partial charge in [-0.2, -0.15) is 28.1 Å². The first-order chi connectivity index (χ1) is 11.8. The van der Waals surface area contributed by atoms with Gasteiger partial charge in [0, 0.05) is 12.7 Å². The quantitative estimate of drug-likeness (QED) is 0.672. The van der Waals surface area contributed by atoms with E-state index in [9.17, 15) is 18.0 Å². The minimum absolute atomic E-state index is 0.0537. The van der Waals surface area contributed by atoms with E-state index in [-0.39, 0.29) is 18.2 Å². The summed E-state index contributed by atoms with van der Waals surface area (Å²) in [6.45, 7) is -0.211. The van der Waals surface area contributed by atoms with Crippen LogP contribution in [-0.2, 0) is 11.0 Å². The largest absolute Gasteiger partial charge is 0.416 e. The molecule has 134 valence electrons. The van der Waals surface area contributed by atoms with Crippen LogP contribution < -0.4 is 16.0 Å². The van der Waals surface area contributed by atoms with Crippen molar-refractivity contribution in [3.05, 3.63) is 29.8 Å². The molecule has 1 heterocycles. The summed E-state index contributed by atoms with van der Waals surface area (Å²) < 4.78 is 38.0. The average Bonchev–Trinajstić information content (AvgIpc) is 2.59. The predicted octanol–water partition coefficient (Wildman–Crippen LogP) is 2.70. The maximum absolute atomic E-state index is 12.7. The Morgan fingerprint density at radius 3 is 2.56 bits per heavy atom. The summed E-state index contributed by atoms with van der Waals surface area (Å²) in [5, 5.41) is 8.32. The van der Waals surface area contributed by atoms with E-state index in [0.717, 1.165) is 12.1 Å². The molecule has 0 radical (unpaired) electrons. The van der Waals surface area contributed by atoms with Gasteiger partial charge in [0.25, 0.3) is 0 Å². The summed E-state index contributed by atoms with van der Waals surface area (Å²) in [7, 11) is 1.64. The molecule has 2 rings (SSSR count). The number of aromatic nitrogens is 3. The first-order valence-corrected chi connectivity index (χ1v) is 8.23. The average molecular weight is 372 g/mol. The maximum atomic E-state index is 12.7. The van der Waals surface area contributed by atoms with Gasteiger partial charge >= 0.3 is 6.18 Å². The molecule has 0 aliphatic carbocycles. The smallest absolute Gasteiger partial charge is 0.357 e. The summed E-state index contributed by atoms with van der Waals surface area (Å²) in [6.07, 6.45) is -2.68. The highest BCUT2D eigenvalue weighted by Gasteiger charge is 2.30. The van der Waals surface area contributed by atoms with E-state index in [2.05, 4.69) is 30.9 Å². The number of rotatable bonds is 6. The Morgan fingerprint density at radius 2 is 1.92 bits per heavy atom. The van der Waals surface area contributed by atoms with Crippen molar-refractivity contribution in [1.29, 1.82) is 0 Å². The minimum atomic E-state index is -4.47. The molecule has 0 spiro atoms. The SMILES string of the molecule is CNc1nc(NCC(=O)Nc2cccc(C(F)(F)F)c2)nc(SC)n1. The third-order valence-corrected chi connectivity index (χ3v) is 3.45. The number of halogens is 3. The first kappa shape index (κ1) is 18.8. The standard InChI is InChI=1S/C14H15F3N6OS/c1-18-11-21-12(23-13(22-11)25-2)19-7-10(24)20-9-5-3-4-8(6-9)14(15,16)17/h3-6H,7H2,1-2H3,(H,20,24)(H2,18,19,21,22,23). The number of hydrogen-bond acceptors (Lipinski definition) is 7. The van der Waals surface area contributed by atoms with Gasteiger partial charge in [-0.3, -0.25) is 4.79 Å². The Kier molecular flexibility index (Phi) is 6.02. The van der Waals surface area contributed by atoms with Crippen molar-refractivity contribution in [2.75, 3.05) is 35.8 Å². The zero-order chi connectivity index (χ0) is 18.4. The molecule has 0 aliphatic heterocycles. The summed E-state index contributed by atoms with van der Waals surface area (Å²) >= 11 is 1.30. The number of thioether (sulfide) groups is 1. The molecule has 25 heavy (non-hydrogen) atoms. The number of amides is 1. The van der Waals surface area contributed by atoms with Gasteiger partial charge in [-0.25, -0.2) is 0 Å². The van der Waals surface area contributed by atoms with E-state index < -0.39 is 17.6 Å². The third kappa shape index (κ3) is 5.48. The molecule has 1 amide bonds. The molecule has 0 aliphatic rings. The molecule has 0 atom stereocenters. The Labute approximate surface area is 145 Å². The third-order valence-electron chi connectivity index (χ3n) is 2.90. The second-order valence-electron chi connectivity index (χ2n) is 4.70. The van der Waals surface area contributed by atoms with Crippen molar-refractivity contribution in [2.24, 2.45) is 0 Å². The summed E-state index contributed by atoms with van der Waals surface area (Å²) in [6, 6.07) is 4.40. The maximum Gasteiger partial charge on any atom is 0.416 e. The zero-order valence-corrected chi connectivity index (χ0v) is 14.1. The van der Waals surface area contributed by atoms with Crippen molar-refractivity contribution in [1.82, 2.24) is 15.0 Å². The van der Waals surface area contributed by atoms with E-state index in [1.807, 2.05) is 0 Å². The lowest BCUT2D eigenvalue weighted by Crippen LogP contribution is -2.23. The number of hydrogen-bond donors (Lipinski definition) is 3. The molecule has 0 unspecified atom stereocenters. The van der Waals surface area contributed by atoms with Crippen LogP contribution in [0.15, 0.2) is 29.4 Å². The Morgan fingerprint density at radius 1 is 1.20 bits per heavy atom. The monoisotopic (exact) mass is 372 g/mol. The van der Waals surface area contributed by atoms with Crippen molar-refractivity contribution < 1.29 is 18.0 Å². The predicted molar refractivity (Wildman–Crippen MR) is 89.7 cm³/mol. The molecule has 0 saturated heterocycles. The molecular formula is C14H15F3N6OS. The van der Waals surface area contributed by atoms with Crippen molar-refractivity contribution in [2.45, 2.75) is 11.3 Å². The Balaban J connectivity index is 1.99. The van der Waals surface area contributed by atoms with Gasteiger partial charge in [0.15, 0.2) is 5.16 Å². The van der Waals surface area contributed by atoms with Gasteiger partial charge in [-0.05, 0) is 24.5 Å². The Hall–Kier alpha value is -2.56. The van der Waals surface area contributed by atoms with Gasteiger partial charge in [0.1, 0.15) is 0 Å². The summed E-state index contributed by atoms with van der Waals surface area (Å²) in [5.41, 5.74) is -0.781. The number of nitrogens with zero attached hydrogens (tertiary/aromatic N) is 3. The molecule has 0 saturated carbocycles. The van der Waals surface area contributed by atoms with Crippen LogP contribution in [0, 0.1) is 0 Å². The molecule has 1 aromatic heterocycles. The van der Waals surface area contributed by atoms with Crippen LogP contribution in [0.1, 0.15) is 5.56 Å².